The molecule has 9 aromatic carbocycles. The maximum atomic E-state index is 5.28. The van der Waals surface area contributed by atoms with E-state index in [1.165, 1.54) is 54.5 Å². The van der Waals surface area contributed by atoms with Gasteiger partial charge in [-0.15, -0.1) is 0 Å². The molecule has 0 aliphatic rings. The summed E-state index contributed by atoms with van der Waals surface area (Å²) in [5, 5.41) is 9.60. The molecule has 2 aromatic heterocycles. The van der Waals surface area contributed by atoms with Crippen molar-refractivity contribution in [2.75, 3.05) is 0 Å². The van der Waals surface area contributed by atoms with Crippen molar-refractivity contribution in [2.24, 2.45) is 0 Å². The molecular weight excluding hydrogens is 643 g/mol. The molecule has 0 atom stereocenters. The van der Waals surface area contributed by atoms with Crippen LogP contribution in [0.3, 0.4) is 0 Å². The van der Waals surface area contributed by atoms with Crippen LogP contribution < -0.4 is 0 Å². The molecular formula is C50H31N3. The minimum Gasteiger partial charge on any atom is -0.309 e. The van der Waals surface area contributed by atoms with Crippen LogP contribution >= 0.6 is 0 Å². The molecule has 3 nitrogen and oxygen atoms in total. The van der Waals surface area contributed by atoms with Crippen molar-refractivity contribution < 1.29 is 0 Å². The van der Waals surface area contributed by atoms with Crippen molar-refractivity contribution in [2.45, 2.75) is 0 Å². The largest absolute Gasteiger partial charge is 0.309 e. The molecule has 246 valence electrons. The van der Waals surface area contributed by atoms with Gasteiger partial charge in [0.2, 0.25) is 0 Å². The second-order valence-electron chi connectivity index (χ2n) is 13.8. The van der Waals surface area contributed by atoms with Crippen molar-refractivity contribution in [3.05, 3.63) is 188 Å². The zero-order chi connectivity index (χ0) is 34.9. The Morgan fingerprint density at radius 1 is 0.358 bits per heavy atom. The topological polar surface area (TPSA) is 30.7 Å². The summed E-state index contributed by atoms with van der Waals surface area (Å²) in [6.07, 6.45) is 1.92. The average Bonchev–Trinajstić information content (AvgIpc) is 3.57. The van der Waals surface area contributed by atoms with Crippen molar-refractivity contribution in [1.29, 1.82) is 0 Å². The minimum atomic E-state index is 0.862. The summed E-state index contributed by atoms with van der Waals surface area (Å²) in [6.45, 7) is 0. The summed E-state index contributed by atoms with van der Waals surface area (Å²) >= 11 is 0. The predicted octanol–water partition coefficient (Wildman–Crippen LogP) is 13.2. The highest BCUT2D eigenvalue weighted by molar-refractivity contribution is 6.23. The van der Waals surface area contributed by atoms with Crippen LogP contribution in [-0.4, -0.2) is 14.5 Å². The Morgan fingerprint density at radius 3 is 1.70 bits per heavy atom. The number of hydrogen-bond acceptors (Lipinski definition) is 2. The number of para-hydroxylation sites is 1. The number of nitrogens with zero attached hydrogens (tertiary/aromatic N) is 3. The van der Waals surface area contributed by atoms with E-state index in [4.69, 9.17) is 9.97 Å². The van der Waals surface area contributed by atoms with Crippen molar-refractivity contribution in [1.82, 2.24) is 14.5 Å². The molecule has 0 fully saturated rings. The van der Waals surface area contributed by atoms with Crippen LogP contribution in [-0.2, 0) is 0 Å². The van der Waals surface area contributed by atoms with E-state index in [2.05, 4.69) is 187 Å². The van der Waals surface area contributed by atoms with Gasteiger partial charge in [-0.1, -0.05) is 140 Å². The van der Waals surface area contributed by atoms with Crippen LogP contribution in [0, 0.1) is 0 Å². The minimum absolute atomic E-state index is 0.862. The van der Waals surface area contributed by atoms with E-state index in [1.54, 1.807) is 0 Å². The first-order chi connectivity index (χ1) is 26.3. The monoisotopic (exact) mass is 673 g/mol. The fourth-order valence-electron chi connectivity index (χ4n) is 8.32. The third-order valence-electron chi connectivity index (χ3n) is 10.8. The van der Waals surface area contributed by atoms with Crippen LogP contribution in [0.5, 0.6) is 0 Å². The lowest BCUT2D eigenvalue weighted by Gasteiger charge is -2.11. The van der Waals surface area contributed by atoms with Gasteiger partial charge in [0.15, 0.2) is 0 Å². The third kappa shape index (κ3) is 4.68. The molecule has 0 saturated heterocycles. The number of aromatic nitrogens is 3. The fraction of sp³-hybridized carbons (Fsp3) is 0. The SMILES string of the molecule is c1ccc(-n2c3ccc(-c4cccc(-c5cnc6c7ccccc7c7ccccc7c6n5)c4)cc3c3cc(-c4cccc5ccccc45)ccc32)cc1. The summed E-state index contributed by atoms with van der Waals surface area (Å²) in [7, 11) is 0. The smallest absolute Gasteiger partial charge is 0.0979 e. The first-order valence-electron chi connectivity index (χ1n) is 18.1. The second-order valence-corrected chi connectivity index (χ2v) is 13.8. The molecule has 3 heteroatoms. The second kappa shape index (κ2) is 11.7. The molecule has 0 amide bonds. The highest BCUT2D eigenvalue weighted by Crippen LogP contribution is 2.39. The Labute approximate surface area is 306 Å². The van der Waals surface area contributed by atoms with E-state index in [9.17, 15) is 0 Å². The Morgan fingerprint density at radius 2 is 0.925 bits per heavy atom. The van der Waals surface area contributed by atoms with Gasteiger partial charge in [-0.25, -0.2) is 4.98 Å². The Bertz CT molecular complexity index is 3190. The maximum absolute atomic E-state index is 5.28. The molecule has 0 aliphatic carbocycles. The predicted molar refractivity (Wildman–Crippen MR) is 223 cm³/mol. The summed E-state index contributed by atoms with van der Waals surface area (Å²) in [5.41, 5.74) is 12.0. The van der Waals surface area contributed by atoms with Gasteiger partial charge in [-0.2, -0.15) is 0 Å². The van der Waals surface area contributed by atoms with Gasteiger partial charge in [0.1, 0.15) is 0 Å². The number of rotatable bonds is 4. The lowest BCUT2D eigenvalue weighted by atomic mass is 9.96. The van der Waals surface area contributed by atoms with E-state index < -0.39 is 0 Å². The van der Waals surface area contributed by atoms with E-state index in [-0.39, 0.29) is 0 Å². The third-order valence-corrected chi connectivity index (χ3v) is 10.8. The molecule has 0 saturated carbocycles. The van der Waals surface area contributed by atoms with Crippen LogP contribution in [0.25, 0.3) is 104 Å². The molecule has 11 aromatic rings. The Kier molecular flexibility index (Phi) is 6.55. The summed E-state index contributed by atoms with van der Waals surface area (Å²) in [5.74, 6) is 0. The van der Waals surface area contributed by atoms with Gasteiger partial charge in [-0.05, 0) is 86.3 Å². The summed E-state index contributed by atoms with van der Waals surface area (Å²) in [6, 6.07) is 65.4. The van der Waals surface area contributed by atoms with E-state index in [1.807, 2.05) is 6.20 Å². The van der Waals surface area contributed by atoms with Crippen molar-refractivity contribution >= 4 is 65.2 Å². The average molecular weight is 674 g/mol. The van der Waals surface area contributed by atoms with Crippen LogP contribution in [0.1, 0.15) is 0 Å². The molecule has 0 radical (unpaired) electrons. The van der Waals surface area contributed by atoms with Gasteiger partial charge in [0, 0.05) is 32.8 Å². The van der Waals surface area contributed by atoms with Crippen LogP contribution in [0.2, 0.25) is 0 Å². The van der Waals surface area contributed by atoms with Crippen LogP contribution in [0.4, 0.5) is 0 Å². The lowest BCUT2D eigenvalue weighted by molar-refractivity contribution is 1.18. The molecule has 11 rings (SSSR count). The molecule has 0 N–H and O–H groups in total. The zero-order valence-corrected chi connectivity index (χ0v) is 28.7. The van der Waals surface area contributed by atoms with E-state index in [0.717, 1.165) is 49.9 Å². The Balaban J connectivity index is 1.08. The molecule has 0 unspecified atom stereocenters. The van der Waals surface area contributed by atoms with Crippen molar-refractivity contribution in [3.8, 4) is 39.2 Å². The quantitative estimate of drug-likeness (QED) is 0.174. The van der Waals surface area contributed by atoms with Gasteiger partial charge < -0.3 is 4.57 Å². The number of fused-ring (bicyclic) bond motifs is 10. The first kappa shape index (κ1) is 29.6. The maximum Gasteiger partial charge on any atom is 0.0979 e. The van der Waals surface area contributed by atoms with Gasteiger partial charge >= 0.3 is 0 Å². The fourth-order valence-corrected chi connectivity index (χ4v) is 8.32. The van der Waals surface area contributed by atoms with E-state index >= 15 is 0 Å². The van der Waals surface area contributed by atoms with Crippen LogP contribution in [0.15, 0.2) is 188 Å². The molecule has 53 heavy (non-hydrogen) atoms. The normalized spacial score (nSPS) is 11.8. The highest BCUT2D eigenvalue weighted by Gasteiger charge is 2.17. The summed E-state index contributed by atoms with van der Waals surface area (Å²) in [4.78, 5) is 10.3. The first-order valence-corrected chi connectivity index (χ1v) is 18.1. The standard InChI is InChI=1S/C50H31N3/c1-2-16-37(17-3-1)53-47-26-24-34(29-44(47)45-30-35(25-27-48(45)53)39-23-11-13-32-12-4-5-18-38(32)39)33-14-10-15-36(28-33)46-31-51-49-42-21-8-6-19-40(42)41-20-7-9-22-43(41)50(49)52-46/h1-31H. The summed E-state index contributed by atoms with van der Waals surface area (Å²) < 4.78 is 2.39. The molecule has 2 heterocycles. The number of hydrogen-bond donors (Lipinski definition) is 0. The van der Waals surface area contributed by atoms with E-state index in [0.29, 0.717) is 0 Å². The van der Waals surface area contributed by atoms with Crippen molar-refractivity contribution in [3.63, 3.8) is 0 Å². The number of benzene rings is 9. The molecule has 0 bridgehead atoms. The molecule has 0 spiro atoms. The van der Waals surface area contributed by atoms with Gasteiger partial charge in [-0.3, -0.25) is 4.98 Å². The zero-order valence-electron chi connectivity index (χ0n) is 28.7. The Hall–Kier alpha value is -7.10. The van der Waals surface area contributed by atoms with Gasteiger partial charge in [0.25, 0.3) is 0 Å². The molecule has 0 aliphatic heterocycles. The lowest BCUT2D eigenvalue weighted by Crippen LogP contribution is -1.93. The van der Waals surface area contributed by atoms with Gasteiger partial charge in [0.05, 0.1) is 34.0 Å². The highest BCUT2D eigenvalue weighted by atomic mass is 15.0.